The van der Waals surface area contributed by atoms with E-state index in [2.05, 4.69) is 69.7 Å². The molecule has 5 heterocycles. The molecule has 0 spiro atoms. The number of thiazole rings is 1. The molecule has 1 amide bonds. The Morgan fingerprint density at radius 2 is 1.74 bits per heavy atom. The van der Waals surface area contributed by atoms with Gasteiger partial charge < -0.3 is 36.0 Å². The lowest BCUT2D eigenvalue weighted by molar-refractivity contribution is 0.0523. The third-order valence-electron chi connectivity index (χ3n) is 11.9. The van der Waals surface area contributed by atoms with Gasteiger partial charge in [-0.15, -0.1) is 21.5 Å². The highest BCUT2D eigenvalue weighted by Crippen LogP contribution is 2.36. The summed E-state index contributed by atoms with van der Waals surface area (Å²) in [6, 6.07) is 21.8. The Labute approximate surface area is 361 Å². The number of rotatable bonds is 13. The molecule has 5 aromatic rings. The lowest BCUT2D eigenvalue weighted by Crippen LogP contribution is -2.54. The summed E-state index contributed by atoms with van der Waals surface area (Å²) in [6.07, 6.45) is 2.76. The maximum atomic E-state index is 15.9. The van der Waals surface area contributed by atoms with E-state index in [4.69, 9.17) is 10.5 Å². The van der Waals surface area contributed by atoms with Crippen LogP contribution in [0.2, 0.25) is 0 Å². The lowest BCUT2D eigenvalue weighted by Gasteiger charge is -2.42. The van der Waals surface area contributed by atoms with E-state index in [1.165, 1.54) is 0 Å². The topological polar surface area (TPSA) is 148 Å². The molecule has 15 heteroatoms. The highest BCUT2D eigenvalue weighted by Gasteiger charge is 2.40. The van der Waals surface area contributed by atoms with Crippen molar-refractivity contribution >= 4 is 40.3 Å². The van der Waals surface area contributed by atoms with E-state index in [-0.39, 0.29) is 11.6 Å². The number of aromatic nitrogens is 3. The standard InChI is InChI=1S/C46H57FN10O3S/c1-30-43(61-29-51-30)32-11-12-33(25-50-45(59)60-46(2,3)4)38(23-32)49-16-7-17-57-34-13-14-35(57)28-56(27-34)40-15-10-31(22-37(40)47)26-54-18-20-55(21-19-54)41-24-39(52-53-44(41)48)36-8-5-6-9-42(36)58/h5-6,8-12,15,22-24,29,34-35,49,58H,7,13-14,16-21,25-28H2,1-4H3,(H2,48,53)(H,50,59). The molecule has 2 bridgehead atoms. The number of nitrogens with two attached hydrogens (primary N) is 1. The van der Waals surface area contributed by atoms with Crippen molar-refractivity contribution in [3.8, 4) is 27.4 Å². The van der Waals surface area contributed by atoms with Crippen molar-refractivity contribution in [2.24, 2.45) is 0 Å². The fourth-order valence-electron chi connectivity index (χ4n) is 8.91. The van der Waals surface area contributed by atoms with Gasteiger partial charge in [0.1, 0.15) is 17.2 Å². The quantitative estimate of drug-likeness (QED) is 0.0870. The first-order valence-electron chi connectivity index (χ1n) is 21.3. The number of nitrogens with one attached hydrogen (secondary N) is 2. The van der Waals surface area contributed by atoms with E-state index < -0.39 is 11.7 Å². The average Bonchev–Trinajstić information content (AvgIpc) is 3.76. The van der Waals surface area contributed by atoms with E-state index in [9.17, 15) is 9.90 Å². The predicted octanol–water partition coefficient (Wildman–Crippen LogP) is 7.50. The maximum absolute atomic E-state index is 15.9. The van der Waals surface area contributed by atoms with Gasteiger partial charge >= 0.3 is 6.09 Å². The predicted molar refractivity (Wildman–Crippen MR) is 242 cm³/mol. The number of hydrogen-bond acceptors (Lipinski definition) is 13. The first-order chi connectivity index (χ1) is 29.4. The number of anilines is 4. The summed E-state index contributed by atoms with van der Waals surface area (Å²) in [6.45, 7) is 15.1. The Bertz CT molecular complexity index is 2310. The number of ether oxygens (including phenoxy) is 1. The number of fused-ring (bicyclic) bond motifs is 2. The third-order valence-corrected chi connectivity index (χ3v) is 12.9. The summed E-state index contributed by atoms with van der Waals surface area (Å²) in [7, 11) is 0. The summed E-state index contributed by atoms with van der Waals surface area (Å²) >= 11 is 1.63. The number of carbonyl (C=O) groups excluding carboxylic acids is 1. The van der Waals surface area contributed by atoms with Gasteiger partial charge in [-0.2, -0.15) is 0 Å². The number of nitrogens with zero attached hydrogens (tertiary/aromatic N) is 7. The van der Waals surface area contributed by atoms with E-state index in [1.54, 1.807) is 29.5 Å². The van der Waals surface area contributed by atoms with Crippen molar-refractivity contribution < 1.29 is 19.0 Å². The van der Waals surface area contributed by atoms with E-state index >= 15 is 4.39 Å². The summed E-state index contributed by atoms with van der Waals surface area (Å²) in [5.41, 5.74) is 15.3. The van der Waals surface area contributed by atoms with Gasteiger partial charge in [-0.05, 0) is 100 Å². The van der Waals surface area contributed by atoms with Gasteiger partial charge in [0.05, 0.1) is 33.2 Å². The number of nitrogen functional groups attached to an aromatic ring is 1. The molecule has 0 aliphatic carbocycles. The van der Waals surface area contributed by atoms with Crippen molar-refractivity contribution in [3.05, 3.63) is 94.9 Å². The van der Waals surface area contributed by atoms with Gasteiger partial charge in [-0.25, -0.2) is 14.2 Å². The summed E-state index contributed by atoms with van der Waals surface area (Å²) in [5.74, 6) is 0.348. The van der Waals surface area contributed by atoms with Crippen LogP contribution in [0.15, 0.2) is 72.2 Å². The zero-order valence-corrected chi connectivity index (χ0v) is 36.3. The largest absolute Gasteiger partial charge is 0.507 e. The Morgan fingerprint density at radius 3 is 2.44 bits per heavy atom. The molecule has 3 aliphatic heterocycles. The van der Waals surface area contributed by atoms with Crippen molar-refractivity contribution in [1.82, 2.24) is 30.3 Å². The smallest absolute Gasteiger partial charge is 0.407 e. The van der Waals surface area contributed by atoms with Crippen LogP contribution in [-0.2, 0) is 17.8 Å². The van der Waals surface area contributed by atoms with Crippen LogP contribution < -0.4 is 26.2 Å². The SMILES string of the molecule is Cc1ncsc1-c1ccc(CNC(=O)OC(C)(C)C)c(NCCCN2C3CCC2CN(c2ccc(CN4CCN(c5cc(-c6ccccc6O)nnc5N)CC4)cc2F)C3)c1. The van der Waals surface area contributed by atoms with Crippen LogP contribution in [0.1, 0.15) is 56.9 Å². The first-order valence-corrected chi connectivity index (χ1v) is 22.2. The number of phenolic OH excluding ortho intramolecular Hbond substituents is 1. The van der Waals surface area contributed by atoms with Crippen LogP contribution in [0, 0.1) is 12.7 Å². The fraction of sp³-hybridized carbons (Fsp3) is 0.435. The minimum atomic E-state index is -0.568. The van der Waals surface area contributed by atoms with E-state index in [0.717, 1.165) is 110 Å². The van der Waals surface area contributed by atoms with Crippen LogP contribution in [0.4, 0.5) is 32.1 Å². The van der Waals surface area contributed by atoms with Gasteiger partial charge in [-0.1, -0.05) is 30.3 Å². The molecule has 2 aromatic heterocycles. The van der Waals surface area contributed by atoms with Crippen molar-refractivity contribution in [2.75, 3.05) is 73.2 Å². The number of halogens is 1. The second kappa shape index (κ2) is 18.2. The Kier molecular flexibility index (Phi) is 12.6. The molecular weight excluding hydrogens is 792 g/mol. The zero-order chi connectivity index (χ0) is 42.7. The minimum absolute atomic E-state index is 0.148. The molecule has 3 fully saturated rings. The molecule has 0 saturated carbocycles. The van der Waals surface area contributed by atoms with Crippen LogP contribution in [0.3, 0.4) is 0 Å². The Morgan fingerprint density at radius 1 is 0.967 bits per heavy atom. The number of aromatic hydroxyl groups is 1. The number of alkyl carbamates (subject to hydrolysis) is 1. The molecule has 5 N–H and O–H groups in total. The summed E-state index contributed by atoms with van der Waals surface area (Å²) in [4.78, 5) is 27.5. The molecule has 61 heavy (non-hydrogen) atoms. The molecule has 8 rings (SSSR count). The van der Waals surface area contributed by atoms with Gasteiger partial charge in [0.15, 0.2) is 5.82 Å². The van der Waals surface area contributed by atoms with Crippen molar-refractivity contribution in [1.29, 1.82) is 0 Å². The Hall–Kier alpha value is -5.51. The molecule has 0 radical (unpaired) electrons. The van der Waals surface area contributed by atoms with Gasteiger partial charge in [0.25, 0.3) is 0 Å². The molecule has 2 unspecified atom stereocenters. The van der Waals surface area contributed by atoms with Gasteiger partial charge in [-0.3, -0.25) is 9.80 Å². The van der Waals surface area contributed by atoms with Crippen LogP contribution in [-0.4, -0.2) is 106 Å². The summed E-state index contributed by atoms with van der Waals surface area (Å²) < 4.78 is 21.4. The van der Waals surface area contributed by atoms with Crippen molar-refractivity contribution in [3.63, 3.8) is 0 Å². The molecule has 3 aromatic carbocycles. The highest BCUT2D eigenvalue weighted by atomic mass is 32.1. The second-order valence-corrected chi connectivity index (χ2v) is 18.2. The molecule has 3 aliphatic rings. The number of piperazine rings is 2. The fourth-order valence-corrected chi connectivity index (χ4v) is 9.71. The highest BCUT2D eigenvalue weighted by molar-refractivity contribution is 7.13. The number of carbonyl (C=O) groups is 1. The molecule has 13 nitrogen and oxygen atoms in total. The lowest BCUT2D eigenvalue weighted by atomic mass is 10.1. The number of para-hydroxylation sites is 1. The number of aryl methyl sites for hydroxylation is 1. The van der Waals surface area contributed by atoms with E-state index in [1.807, 2.05) is 57.5 Å². The van der Waals surface area contributed by atoms with Crippen LogP contribution in [0.5, 0.6) is 5.75 Å². The average molecular weight is 849 g/mol. The second-order valence-electron chi connectivity index (χ2n) is 17.4. The van der Waals surface area contributed by atoms with Crippen LogP contribution in [0.25, 0.3) is 21.7 Å². The monoisotopic (exact) mass is 848 g/mol. The summed E-state index contributed by atoms with van der Waals surface area (Å²) in [5, 5.41) is 25.3. The third kappa shape index (κ3) is 10.0. The first kappa shape index (κ1) is 42.2. The molecular formula is C46H57FN10O3S. The Balaban J connectivity index is 0.828. The maximum Gasteiger partial charge on any atom is 0.407 e. The van der Waals surface area contributed by atoms with Gasteiger partial charge in [0, 0.05) is 88.8 Å². The van der Waals surface area contributed by atoms with Gasteiger partial charge in [0.2, 0.25) is 0 Å². The normalized spacial score (nSPS) is 18.4. The minimum Gasteiger partial charge on any atom is -0.507 e. The number of benzene rings is 3. The number of hydrogen-bond donors (Lipinski definition) is 4. The number of phenols is 1. The molecule has 322 valence electrons. The number of amides is 1. The molecule has 2 atom stereocenters. The van der Waals surface area contributed by atoms with Crippen molar-refractivity contribution in [2.45, 2.75) is 77.7 Å². The van der Waals surface area contributed by atoms with E-state index in [0.29, 0.717) is 47.9 Å². The molecule has 3 saturated heterocycles. The zero-order valence-electron chi connectivity index (χ0n) is 35.5. The van der Waals surface area contributed by atoms with Crippen LogP contribution >= 0.6 is 11.3 Å².